The molecule has 0 spiro atoms. The van der Waals surface area contributed by atoms with Crippen LogP contribution in [0, 0.1) is 12.3 Å². The molecule has 1 heterocycles. The van der Waals surface area contributed by atoms with Crippen molar-refractivity contribution in [2.45, 2.75) is 17.9 Å². The van der Waals surface area contributed by atoms with E-state index in [-0.39, 0.29) is 5.84 Å². The van der Waals surface area contributed by atoms with Gasteiger partial charge < -0.3 is 10.2 Å². The molecule has 0 saturated heterocycles. The highest BCUT2D eigenvalue weighted by Crippen LogP contribution is 2.26. The van der Waals surface area contributed by atoms with Gasteiger partial charge in [0.1, 0.15) is 5.84 Å². The topological polar surface area (TPSA) is 88.8 Å². The Morgan fingerprint density at radius 3 is 2.83 bits per heavy atom. The maximum atomic E-state index is 7.32. The first-order valence-corrected chi connectivity index (χ1v) is 6.48. The van der Waals surface area contributed by atoms with Crippen molar-refractivity contribution in [3.05, 3.63) is 40.2 Å². The zero-order chi connectivity index (χ0) is 13.1. The zero-order valence-electron chi connectivity index (χ0n) is 9.61. The van der Waals surface area contributed by atoms with Gasteiger partial charge in [0.2, 0.25) is 5.89 Å². The fourth-order valence-electron chi connectivity index (χ4n) is 1.31. The number of thioether (sulfide) groups is 1. The van der Waals surface area contributed by atoms with Gasteiger partial charge in [-0.25, -0.2) is 0 Å². The Bertz CT molecular complexity index is 584. The number of aryl methyl sites for hydroxylation is 1. The summed E-state index contributed by atoms with van der Waals surface area (Å²) >= 11 is 7.53. The van der Waals surface area contributed by atoms with Gasteiger partial charge in [0.25, 0.3) is 5.22 Å². The van der Waals surface area contributed by atoms with Crippen LogP contribution >= 0.6 is 23.4 Å². The molecule has 3 N–H and O–H groups in total. The van der Waals surface area contributed by atoms with E-state index in [1.807, 2.05) is 6.07 Å². The summed E-state index contributed by atoms with van der Waals surface area (Å²) in [4.78, 5) is 0. The lowest BCUT2D eigenvalue weighted by Crippen LogP contribution is -2.10. The van der Waals surface area contributed by atoms with E-state index in [2.05, 4.69) is 10.2 Å². The molecule has 0 aliphatic rings. The third-order valence-electron chi connectivity index (χ3n) is 2.22. The molecule has 0 amide bonds. The summed E-state index contributed by atoms with van der Waals surface area (Å²) in [5.41, 5.74) is 6.93. The predicted octanol–water partition coefficient (Wildman–Crippen LogP) is 2.61. The minimum atomic E-state index is 0.00336. The zero-order valence-corrected chi connectivity index (χ0v) is 11.2. The predicted molar refractivity (Wildman–Crippen MR) is 71.1 cm³/mol. The summed E-state index contributed by atoms with van der Waals surface area (Å²) in [7, 11) is 0. The van der Waals surface area contributed by atoms with E-state index in [0.29, 0.717) is 27.5 Å². The average Bonchev–Trinajstić information content (AvgIpc) is 2.73. The summed E-state index contributed by atoms with van der Waals surface area (Å²) in [5, 5.41) is 16.0. The van der Waals surface area contributed by atoms with Gasteiger partial charge in [0, 0.05) is 23.3 Å². The lowest BCUT2D eigenvalue weighted by molar-refractivity contribution is 0.429. The number of halogens is 1. The van der Waals surface area contributed by atoms with Gasteiger partial charge in [-0.3, -0.25) is 5.41 Å². The van der Waals surface area contributed by atoms with Crippen LogP contribution in [0.4, 0.5) is 0 Å². The number of nitrogens with two attached hydrogens (primary N) is 1. The van der Waals surface area contributed by atoms with Crippen LogP contribution in [0.15, 0.2) is 27.8 Å². The van der Waals surface area contributed by atoms with E-state index >= 15 is 0 Å². The summed E-state index contributed by atoms with van der Waals surface area (Å²) in [6.07, 6.45) is 0. The fraction of sp³-hybridized carbons (Fsp3) is 0.182. The number of amidine groups is 1. The SMILES string of the molecule is Cc1nnc(SCc2ccc(C(=N)N)cc2Cl)o1. The molecule has 18 heavy (non-hydrogen) atoms. The standard InChI is InChI=1S/C11H11ClN4OS/c1-6-15-16-11(17-6)18-5-8-3-2-7(10(13)14)4-9(8)12/h2-4H,5H2,1H3,(H3,13,14). The lowest BCUT2D eigenvalue weighted by atomic mass is 10.1. The molecule has 5 nitrogen and oxygen atoms in total. The number of hydrogen-bond donors (Lipinski definition) is 2. The van der Waals surface area contributed by atoms with Crippen molar-refractivity contribution < 1.29 is 4.42 Å². The Labute approximate surface area is 113 Å². The molecule has 7 heteroatoms. The third-order valence-corrected chi connectivity index (χ3v) is 3.44. The smallest absolute Gasteiger partial charge is 0.276 e. The highest BCUT2D eigenvalue weighted by Gasteiger charge is 2.07. The molecule has 2 rings (SSSR count). The Balaban J connectivity index is 2.08. The van der Waals surface area contributed by atoms with Crippen molar-refractivity contribution in [1.29, 1.82) is 5.41 Å². The van der Waals surface area contributed by atoms with Crippen LogP contribution in [-0.4, -0.2) is 16.0 Å². The highest BCUT2D eigenvalue weighted by molar-refractivity contribution is 7.98. The van der Waals surface area contributed by atoms with Crippen molar-refractivity contribution >= 4 is 29.2 Å². The average molecular weight is 283 g/mol. The maximum absolute atomic E-state index is 7.32. The van der Waals surface area contributed by atoms with Crippen LogP contribution in [-0.2, 0) is 5.75 Å². The molecule has 0 fully saturated rings. The molecule has 94 valence electrons. The number of nitrogens with zero attached hydrogens (tertiary/aromatic N) is 2. The van der Waals surface area contributed by atoms with Crippen molar-refractivity contribution in [1.82, 2.24) is 10.2 Å². The number of aromatic nitrogens is 2. The van der Waals surface area contributed by atoms with Crippen LogP contribution in [0.25, 0.3) is 0 Å². The monoisotopic (exact) mass is 282 g/mol. The minimum absolute atomic E-state index is 0.00336. The number of nitrogen functional groups attached to an aromatic ring is 1. The summed E-state index contributed by atoms with van der Waals surface area (Å²) in [6.45, 7) is 1.74. The Kier molecular flexibility index (Phi) is 3.88. The van der Waals surface area contributed by atoms with E-state index < -0.39 is 0 Å². The van der Waals surface area contributed by atoms with Crippen molar-refractivity contribution in [3.8, 4) is 0 Å². The third kappa shape index (κ3) is 3.02. The van der Waals surface area contributed by atoms with Crippen molar-refractivity contribution in [2.24, 2.45) is 5.73 Å². The van der Waals surface area contributed by atoms with E-state index in [0.717, 1.165) is 5.56 Å². The van der Waals surface area contributed by atoms with E-state index in [1.54, 1.807) is 19.1 Å². The molecule has 0 atom stereocenters. The van der Waals surface area contributed by atoms with E-state index in [9.17, 15) is 0 Å². The molecule has 0 unspecified atom stereocenters. The van der Waals surface area contributed by atoms with Gasteiger partial charge in [0.15, 0.2) is 0 Å². The maximum Gasteiger partial charge on any atom is 0.276 e. The first-order chi connectivity index (χ1) is 8.56. The normalized spacial score (nSPS) is 10.6. The molecule has 0 radical (unpaired) electrons. The number of nitrogens with one attached hydrogen (secondary N) is 1. The summed E-state index contributed by atoms with van der Waals surface area (Å²) in [6, 6.07) is 5.29. The molecular weight excluding hydrogens is 272 g/mol. The summed E-state index contributed by atoms with van der Waals surface area (Å²) < 4.78 is 5.25. The quantitative estimate of drug-likeness (QED) is 0.511. The summed E-state index contributed by atoms with van der Waals surface area (Å²) in [5.74, 6) is 1.16. The van der Waals surface area contributed by atoms with Gasteiger partial charge in [-0.2, -0.15) is 0 Å². The Morgan fingerprint density at radius 2 is 2.28 bits per heavy atom. The molecule has 2 aromatic rings. The first-order valence-electron chi connectivity index (χ1n) is 5.12. The second-order valence-electron chi connectivity index (χ2n) is 3.60. The molecule has 0 aliphatic carbocycles. The minimum Gasteiger partial charge on any atom is -0.416 e. The molecule has 0 aliphatic heterocycles. The van der Waals surface area contributed by atoms with Gasteiger partial charge in [0.05, 0.1) is 0 Å². The van der Waals surface area contributed by atoms with Gasteiger partial charge in [-0.15, -0.1) is 10.2 Å². The van der Waals surface area contributed by atoms with Crippen LogP contribution in [0.3, 0.4) is 0 Å². The van der Waals surface area contributed by atoms with E-state index in [1.165, 1.54) is 11.8 Å². The largest absolute Gasteiger partial charge is 0.416 e. The second kappa shape index (κ2) is 5.41. The van der Waals surface area contributed by atoms with Crippen molar-refractivity contribution in [3.63, 3.8) is 0 Å². The van der Waals surface area contributed by atoms with Gasteiger partial charge in [-0.05, 0) is 11.6 Å². The van der Waals surface area contributed by atoms with Crippen molar-refractivity contribution in [2.75, 3.05) is 0 Å². The molecule has 0 bridgehead atoms. The highest BCUT2D eigenvalue weighted by atomic mass is 35.5. The fourth-order valence-corrected chi connectivity index (χ4v) is 2.44. The second-order valence-corrected chi connectivity index (χ2v) is 4.93. The molecule has 1 aromatic heterocycles. The van der Waals surface area contributed by atoms with Crippen LogP contribution in [0.5, 0.6) is 0 Å². The first kappa shape index (κ1) is 12.9. The van der Waals surface area contributed by atoms with Gasteiger partial charge in [-0.1, -0.05) is 35.5 Å². The number of rotatable bonds is 4. The number of hydrogen-bond acceptors (Lipinski definition) is 5. The number of benzene rings is 1. The molecule has 0 saturated carbocycles. The van der Waals surface area contributed by atoms with Crippen LogP contribution in [0.1, 0.15) is 17.0 Å². The Hall–Kier alpha value is -1.53. The van der Waals surface area contributed by atoms with Gasteiger partial charge >= 0.3 is 0 Å². The lowest BCUT2D eigenvalue weighted by Gasteiger charge is -2.04. The van der Waals surface area contributed by atoms with Crippen LogP contribution in [0.2, 0.25) is 5.02 Å². The van der Waals surface area contributed by atoms with Crippen LogP contribution < -0.4 is 5.73 Å². The molecule has 1 aromatic carbocycles. The van der Waals surface area contributed by atoms with E-state index in [4.69, 9.17) is 27.2 Å². The molecular formula is C11H11ClN4OS. The Morgan fingerprint density at radius 1 is 1.50 bits per heavy atom.